The maximum atomic E-state index is 11.0. The summed E-state index contributed by atoms with van der Waals surface area (Å²) in [5.74, 6) is -0.220. The average Bonchev–Trinajstić information content (AvgIpc) is 2.25. The van der Waals surface area contributed by atoms with Crippen LogP contribution in [0.25, 0.3) is 6.08 Å². The zero-order valence-electron chi connectivity index (χ0n) is 7.68. The molecule has 14 heavy (non-hydrogen) atoms. The molecule has 0 saturated heterocycles. The predicted octanol–water partition coefficient (Wildman–Crippen LogP) is 0.203. The summed E-state index contributed by atoms with van der Waals surface area (Å²) in [6, 6.07) is 3.65. The van der Waals surface area contributed by atoms with Gasteiger partial charge in [-0.15, -0.1) is 0 Å². The Morgan fingerprint density at radius 3 is 3.14 bits per heavy atom. The second kappa shape index (κ2) is 5.88. The third-order valence-corrected chi connectivity index (χ3v) is 1.52. The fourth-order valence-electron chi connectivity index (χ4n) is 0.884. The topological polar surface area (TPSA) is 62.2 Å². The first-order valence-corrected chi connectivity index (χ1v) is 4.30. The number of nitrogens with one attached hydrogen (secondary N) is 1. The number of hydrogen-bond acceptors (Lipinski definition) is 3. The van der Waals surface area contributed by atoms with Gasteiger partial charge in [-0.05, 0) is 17.7 Å². The van der Waals surface area contributed by atoms with E-state index in [0.717, 1.165) is 5.56 Å². The van der Waals surface area contributed by atoms with Crippen LogP contribution < -0.4 is 5.32 Å². The van der Waals surface area contributed by atoms with Crippen molar-refractivity contribution >= 4 is 12.0 Å². The molecule has 4 nitrogen and oxygen atoms in total. The third kappa shape index (κ3) is 3.82. The molecular formula is C10H12N2O2. The van der Waals surface area contributed by atoms with Gasteiger partial charge in [0, 0.05) is 25.0 Å². The lowest BCUT2D eigenvalue weighted by Gasteiger charge is -1.96. The molecule has 1 rings (SSSR count). The van der Waals surface area contributed by atoms with Crippen molar-refractivity contribution in [3.8, 4) is 0 Å². The first-order valence-electron chi connectivity index (χ1n) is 4.30. The molecule has 74 valence electrons. The molecule has 0 bridgehead atoms. The molecule has 0 radical (unpaired) electrons. The number of amides is 1. The van der Waals surface area contributed by atoms with Crippen molar-refractivity contribution < 1.29 is 9.90 Å². The van der Waals surface area contributed by atoms with Crippen molar-refractivity contribution in [2.45, 2.75) is 0 Å². The highest BCUT2D eigenvalue weighted by molar-refractivity contribution is 5.91. The zero-order chi connectivity index (χ0) is 10.2. The van der Waals surface area contributed by atoms with Crippen LogP contribution in [-0.4, -0.2) is 29.1 Å². The number of carbonyl (C=O) groups excluding carboxylic acids is 1. The summed E-state index contributed by atoms with van der Waals surface area (Å²) >= 11 is 0. The van der Waals surface area contributed by atoms with Crippen LogP contribution in [0, 0.1) is 0 Å². The van der Waals surface area contributed by atoms with Gasteiger partial charge in [-0.3, -0.25) is 9.78 Å². The lowest BCUT2D eigenvalue weighted by molar-refractivity contribution is -0.116. The number of pyridine rings is 1. The molecule has 2 N–H and O–H groups in total. The smallest absolute Gasteiger partial charge is 0.244 e. The standard InChI is InChI=1S/C10H12N2O2/c13-7-6-12-10(14)4-3-9-2-1-5-11-8-9/h1-5,8,13H,6-7H2,(H,12,14)/b4-3+. The molecule has 1 aromatic rings. The van der Waals surface area contributed by atoms with Gasteiger partial charge >= 0.3 is 0 Å². The molecule has 0 spiro atoms. The van der Waals surface area contributed by atoms with E-state index in [4.69, 9.17) is 5.11 Å². The molecule has 0 fully saturated rings. The maximum Gasteiger partial charge on any atom is 0.244 e. The Morgan fingerprint density at radius 1 is 1.64 bits per heavy atom. The highest BCUT2D eigenvalue weighted by Gasteiger charge is 1.92. The van der Waals surface area contributed by atoms with E-state index in [2.05, 4.69) is 10.3 Å². The van der Waals surface area contributed by atoms with Crippen LogP contribution in [0.3, 0.4) is 0 Å². The van der Waals surface area contributed by atoms with E-state index in [1.54, 1.807) is 24.5 Å². The van der Waals surface area contributed by atoms with Crippen molar-refractivity contribution in [2.75, 3.05) is 13.2 Å². The van der Waals surface area contributed by atoms with E-state index in [1.807, 2.05) is 6.07 Å². The fraction of sp³-hybridized carbons (Fsp3) is 0.200. The van der Waals surface area contributed by atoms with Crippen LogP contribution in [0.5, 0.6) is 0 Å². The Balaban J connectivity index is 2.44. The van der Waals surface area contributed by atoms with Gasteiger partial charge in [0.2, 0.25) is 5.91 Å². The van der Waals surface area contributed by atoms with Gasteiger partial charge in [-0.1, -0.05) is 6.07 Å². The molecule has 1 amide bonds. The number of nitrogens with zero attached hydrogens (tertiary/aromatic N) is 1. The zero-order valence-corrected chi connectivity index (χ0v) is 7.68. The Hall–Kier alpha value is -1.68. The molecule has 0 aliphatic carbocycles. The Labute approximate surface area is 82.3 Å². The molecule has 4 heteroatoms. The van der Waals surface area contributed by atoms with Crippen molar-refractivity contribution in [2.24, 2.45) is 0 Å². The quantitative estimate of drug-likeness (QED) is 0.670. The molecule has 1 aromatic heterocycles. The first-order chi connectivity index (χ1) is 6.83. The molecule has 0 aromatic carbocycles. The summed E-state index contributed by atoms with van der Waals surface area (Å²) in [6.45, 7) is 0.225. The molecule has 0 unspecified atom stereocenters. The molecular weight excluding hydrogens is 180 g/mol. The predicted molar refractivity (Wildman–Crippen MR) is 53.4 cm³/mol. The maximum absolute atomic E-state index is 11.0. The Bertz CT molecular complexity index is 309. The molecule has 0 aliphatic heterocycles. The largest absolute Gasteiger partial charge is 0.395 e. The minimum Gasteiger partial charge on any atom is -0.395 e. The SMILES string of the molecule is O=C(/C=C/c1cccnc1)NCCO. The summed E-state index contributed by atoms with van der Waals surface area (Å²) in [5, 5.41) is 11.0. The van der Waals surface area contributed by atoms with Crippen LogP contribution in [-0.2, 0) is 4.79 Å². The van der Waals surface area contributed by atoms with Crippen molar-refractivity contribution in [3.63, 3.8) is 0 Å². The fourth-order valence-corrected chi connectivity index (χ4v) is 0.884. The summed E-state index contributed by atoms with van der Waals surface area (Å²) in [4.78, 5) is 14.9. The first kappa shape index (κ1) is 10.4. The van der Waals surface area contributed by atoms with Crippen molar-refractivity contribution in [1.29, 1.82) is 0 Å². The van der Waals surface area contributed by atoms with Gasteiger partial charge in [0.15, 0.2) is 0 Å². The summed E-state index contributed by atoms with van der Waals surface area (Å²) < 4.78 is 0. The van der Waals surface area contributed by atoms with Gasteiger partial charge in [-0.2, -0.15) is 0 Å². The van der Waals surface area contributed by atoms with Crippen LogP contribution >= 0.6 is 0 Å². The van der Waals surface area contributed by atoms with Crippen molar-refractivity contribution in [3.05, 3.63) is 36.2 Å². The van der Waals surface area contributed by atoms with Gasteiger partial charge < -0.3 is 10.4 Å². The minimum absolute atomic E-state index is 0.0491. The molecule has 1 heterocycles. The van der Waals surface area contributed by atoms with Crippen LogP contribution in [0.1, 0.15) is 5.56 Å². The van der Waals surface area contributed by atoms with E-state index >= 15 is 0 Å². The number of aromatic nitrogens is 1. The van der Waals surface area contributed by atoms with Gasteiger partial charge in [0.05, 0.1) is 6.61 Å². The number of aliphatic hydroxyl groups excluding tert-OH is 1. The molecule has 0 aliphatic rings. The number of carbonyl (C=O) groups is 1. The Kier molecular flexibility index (Phi) is 4.37. The highest BCUT2D eigenvalue weighted by atomic mass is 16.3. The van der Waals surface area contributed by atoms with Crippen LogP contribution in [0.4, 0.5) is 0 Å². The summed E-state index contributed by atoms with van der Waals surface area (Å²) in [7, 11) is 0. The number of hydrogen-bond donors (Lipinski definition) is 2. The highest BCUT2D eigenvalue weighted by Crippen LogP contribution is 1.97. The monoisotopic (exact) mass is 192 g/mol. The van der Waals surface area contributed by atoms with Gasteiger partial charge in [0.1, 0.15) is 0 Å². The average molecular weight is 192 g/mol. The van der Waals surface area contributed by atoms with Gasteiger partial charge in [0.25, 0.3) is 0 Å². The van der Waals surface area contributed by atoms with Crippen LogP contribution in [0.2, 0.25) is 0 Å². The molecule has 0 saturated carbocycles. The summed E-state index contributed by atoms with van der Waals surface area (Å²) in [6.07, 6.45) is 6.41. The Morgan fingerprint density at radius 2 is 2.50 bits per heavy atom. The number of rotatable bonds is 4. The third-order valence-electron chi connectivity index (χ3n) is 1.52. The second-order valence-corrected chi connectivity index (χ2v) is 2.63. The lowest BCUT2D eigenvalue weighted by Crippen LogP contribution is -2.24. The van der Waals surface area contributed by atoms with E-state index in [0.29, 0.717) is 0 Å². The van der Waals surface area contributed by atoms with Gasteiger partial charge in [-0.25, -0.2) is 0 Å². The summed E-state index contributed by atoms with van der Waals surface area (Å²) in [5.41, 5.74) is 0.867. The van der Waals surface area contributed by atoms with Crippen LogP contribution in [0.15, 0.2) is 30.6 Å². The number of aliphatic hydroxyl groups is 1. The normalized spacial score (nSPS) is 10.4. The second-order valence-electron chi connectivity index (χ2n) is 2.63. The van der Waals surface area contributed by atoms with E-state index < -0.39 is 0 Å². The van der Waals surface area contributed by atoms with E-state index in [1.165, 1.54) is 6.08 Å². The van der Waals surface area contributed by atoms with Crippen molar-refractivity contribution in [1.82, 2.24) is 10.3 Å². The minimum atomic E-state index is -0.220. The van der Waals surface area contributed by atoms with E-state index in [-0.39, 0.29) is 19.1 Å². The molecule has 0 atom stereocenters. The lowest BCUT2D eigenvalue weighted by atomic mass is 10.2. The van der Waals surface area contributed by atoms with E-state index in [9.17, 15) is 4.79 Å².